The highest BCUT2D eigenvalue weighted by Gasteiger charge is 2.38. The van der Waals surface area contributed by atoms with Crippen molar-refractivity contribution in [2.24, 2.45) is 11.3 Å². The summed E-state index contributed by atoms with van der Waals surface area (Å²) in [6, 6.07) is 0. The van der Waals surface area contributed by atoms with E-state index in [2.05, 4.69) is 85.8 Å². The molecule has 0 aromatic heterocycles. The summed E-state index contributed by atoms with van der Waals surface area (Å²) in [5, 5.41) is 10.4. The van der Waals surface area contributed by atoms with E-state index in [1.165, 1.54) is 47.1 Å². The Morgan fingerprint density at radius 2 is 1.32 bits per heavy atom. The molecule has 1 nitrogen and oxygen atoms in total. The van der Waals surface area contributed by atoms with Gasteiger partial charge in [0.2, 0.25) is 0 Å². The molecular weight excluding hydrogens is 376 g/mol. The van der Waals surface area contributed by atoms with Crippen molar-refractivity contribution < 1.29 is 5.11 Å². The summed E-state index contributed by atoms with van der Waals surface area (Å²) in [6.45, 7) is 17.8. The lowest BCUT2D eigenvalue weighted by Crippen LogP contribution is -2.39. The van der Waals surface area contributed by atoms with E-state index in [0.29, 0.717) is 5.92 Å². The molecule has 0 amide bonds. The molecule has 1 rings (SSSR count). The van der Waals surface area contributed by atoms with Crippen LogP contribution in [0.4, 0.5) is 0 Å². The van der Waals surface area contributed by atoms with Gasteiger partial charge in [-0.25, -0.2) is 0 Å². The molecule has 1 heteroatoms. The molecule has 0 spiro atoms. The Hall–Kier alpha value is -1.34. The standard InChI is InChI=1S/C30H50O/c1-23(2)13-11-16-25(4)18-12-17-24(3)14-9-10-15-26(5)19-21-28-27(6)20-22-29(31)30(28,7)8/h13-15,18,20,28-29,31H,9-12,16-17,19,21-22H2,1-8H3/b24-14?,25-18+,26-15+/t28-,29+/m1/s1. The molecular formula is C30H50O. The highest BCUT2D eigenvalue weighted by molar-refractivity contribution is 5.16. The minimum absolute atomic E-state index is 0.0165. The van der Waals surface area contributed by atoms with Crippen molar-refractivity contribution >= 4 is 0 Å². The van der Waals surface area contributed by atoms with Crippen molar-refractivity contribution in [2.75, 3.05) is 0 Å². The van der Waals surface area contributed by atoms with Crippen LogP contribution < -0.4 is 0 Å². The summed E-state index contributed by atoms with van der Waals surface area (Å²) in [4.78, 5) is 0. The smallest absolute Gasteiger partial charge is 0.0631 e. The van der Waals surface area contributed by atoms with Gasteiger partial charge < -0.3 is 5.11 Å². The van der Waals surface area contributed by atoms with Gasteiger partial charge in [-0.1, -0.05) is 72.1 Å². The molecule has 176 valence electrons. The molecule has 0 unspecified atom stereocenters. The number of hydrogen-bond acceptors (Lipinski definition) is 1. The van der Waals surface area contributed by atoms with E-state index in [-0.39, 0.29) is 11.5 Å². The van der Waals surface area contributed by atoms with Crippen LogP contribution >= 0.6 is 0 Å². The maximum absolute atomic E-state index is 10.4. The molecule has 1 N–H and O–H groups in total. The second-order valence-electron chi connectivity index (χ2n) is 10.7. The first-order chi connectivity index (χ1) is 14.5. The van der Waals surface area contributed by atoms with Crippen molar-refractivity contribution in [3.63, 3.8) is 0 Å². The maximum Gasteiger partial charge on any atom is 0.0631 e. The zero-order chi connectivity index (χ0) is 23.4. The van der Waals surface area contributed by atoms with Crippen LogP contribution in [-0.4, -0.2) is 11.2 Å². The van der Waals surface area contributed by atoms with Crippen molar-refractivity contribution in [1.82, 2.24) is 0 Å². The van der Waals surface area contributed by atoms with E-state index >= 15 is 0 Å². The van der Waals surface area contributed by atoms with Crippen molar-refractivity contribution in [3.05, 3.63) is 58.2 Å². The second-order valence-corrected chi connectivity index (χ2v) is 10.7. The monoisotopic (exact) mass is 426 g/mol. The Balaban J connectivity index is 2.34. The minimum atomic E-state index is -0.213. The first kappa shape index (κ1) is 27.7. The van der Waals surface area contributed by atoms with Crippen LogP contribution in [-0.2, 0) is 0 Å². The van der Waals surface area contributed by atoms with E-state index in [9.17, 15) is 5.11 Å². The Morgan fingerprint density at radius 3 is 1.87 bits per heavy atom. The van der Waals surface area contributed by atoms with Crippen LogP contribution in [0.15, 0.2) is 58.2 Å². The average Bonchev–Trinajstić information content (AvgIpc) is 2.68. The Morgan fingerprint density at radius 1 is 0.839 bits per heavy atom. The van der Waals surface area contributed by atoms with Gasteiger partial charge in [0.1, 0.15) is 0 Å². The van der Waals surface area contributed by atoms with Gasteiger partial charge in [0.25, 0.3) is 0 Å². The largest absolute Gasteiger partial charge is 0.392 e. The van der Waals surface area contributed by atoms with E-state index in [1.54, 1.807) is 0 Å². The Kier molecular flexibility index (Phi) is 12.5. The van der Waals surface area contributed by atoms with E-state index in [1.807, 2.05) is 0 Å². The molecule has 1 aliphatic rings. The van der Waals surface area contributed by atoms with Crippen LogP contribution in [0.1, 0.15) is 113 Å². The molecule has 0 fully saturated rings. The Labute approximate surface area is 194 Å². The fourth-order valence-electron chi connectivity index (χ4n) is 4.63. The summed E-state index contributed by atoms with van der Waals surface area (Å²) in [5.41, 5.74) is 7.38. The molecule has 1 aliphatic carbocycles. The first-order valence-corrected chi connectivity index (χ1v) is 12.5. The SMILES string of the molecule is CC(C)=CCC/C(C)=C/CCC(C)=CCC/C=C(\C)CC[C@@H]1C(C)=CC[C@H](O)C1(C)C. The molecule has 0 saturated heterocycles. The molecule has 0 heterocycles. The third kappa shape index (κ3) is 10.7. The van der Waals surface area contributed by atoms with Crippen molar-refractivity contribution in [3.8, 4) is 0 Å². The fraction of sp³-hybridized carbons (Fsp3) is 0.667. The quantitative estimate of drug-likeness (QED) is 0.243. The maximum atomic E-state index is 10.4. The normalized spacial score (nSPS) is 22.4. The van der Waals surface area contributed by atoms with Gasteiger partial charge >= 0.3 is 0 Å². The highest BCUT2D eigenvalue weighted by atomic mass is 16.3. The zero-order valence-corrected chi connectivity index (χ0v) is 21.9. The molecule has 0 radical (unpaired) electrons. The Bertz CT molecular complexity index is 692. The van der Waals surface area contributed by atoms with Gasteiger partial charge in [0.05, 0.1) is 6.10 Å². The van der Waals surface area contributed by atoms with Crippen LogP contribution in [0.3, 0.4) is 0 Å². The van der Waals surface area contributed by atoms with Crippen LogP contribution in [0, 0.1) is 11.3 Å². The predicted molar refractivity (Wildman–Crippen MR) is 139 cm³/mol. The number of allylic oxidation sites excluding steroid dienone is 9. The lowest BCUT2D eigenvalue weighted by Gasteiger charge is -2.42. The molecule has 0 saturated carbocycles. The van der Waals surface area contributed by atoms with E-state index < -0.39 is 0 Å². The number of rotatable bonds is 12. The van der Waals surface area contributed by atoms with E-state index in [4.69, 9.17) is 0 Å². The second kappa shape index (κ2) is 13.9. The summed E-state index contributed by atoms with van der Waals surface area (Å²) >= 11 is 0. The van der Waals surface area contributed by atoms with Crippen molar-refractivity contribution in [2.45, 2.75) is 119 Å². The van der Waals surface area contributed by atoms with Gasteiger partial charge in [0, 0.05) is 0 Å². The number of aliphatic hydroxyl groups is 1. The van der Waals surface area contributed by atoms with Gasteiger partial charge in [-0.2, -0.15) is 0 Å². The first-order valence-electron chi connectivity index (χ1n) is 12.5. The molecule has 0 aliphatic heterocycles. The van der Waals surface area contributed by atoms with Gasteiger partial charge in [-0.3, -0.25) is 0 Å². The number of hydrogen-bond donors (Lipinski definition) is 1. The molecule has 0 bridgehead atoms. The molecule has 0 aromatic carbocycles. The van der Waals surface area contributed by atoms with Crippen LogP contribution in [0.2, 0.25) is 0 Å². The fourth-order valence-corrected chi connectivity index (χ4v) is 4.63. The number of unbranched alkanes of at least 4 members (excludes halogenated alkanes) is 1. The highest BCUT2D eigenvalue weighted by Crippen LogP contribution is 2.43. The van der Waals surface area contributed by atoms with E-state index in [0.717, 1.165) is 38.5 Å². The molecule has 0 aromatic rings. The minimum Gasteiger partial charge on any atom is -0.392 e. The predicted octanol–water partition coefficient (Wildman–Crippen LogP) is 9.27. The third-order valence-electron chi connectivity index (χ3n) is 7.07. The van der Waals surface area contributed by atoms with Crippen LogP contribution in [0.5, 0.6) is 0 Å². The summed E-state index contributed by atoms with van der Waals surface area (Å²) in [6.07, 6.45) is 21.6. The lowest BCUT2D eigenvalue weighted by molar-refractivity contribution is 0.00849. The summed E-state index contributed by atoms with van der Waals surface area (Å²) in [7, 11) is 0. The molecule has 2 atom stereocenters. The third-order valence-corrected chi connectivity index (χ3v) is 7.07. The summed E-state index contributed by atoms with van der Waals surface area (Å²) in [5.74, 6) is 0.486. The topological polar surface area (TPSA) is 20.2 Å². The van der Waals surface area contributed by atoms with Gasteiger partial charge in [0.15, 0.2) is 0 Å². The van der Waals surface area contributed by atoms with Gasteiger partial charge in [-0.15, -0.1) is 0 Å². The summed E-state index contributed by atoms with van der Waals surface area (Å²) < 4.78 is 0. The number of aliphatic hydroxyl groups excluding tert-OH is 1. The lowest BCUT2D eigenvalue weighted by atomic mass is 9.65. The van der Waals surface area contributed by atoms with Crippen LogP contribution in [0.25, 0.3) is 0 Å². The van der Waals surface area contributed by atoms with Gasteiger partial charge in [-0.05, 0) is 111 Å². The molecule has 31 heavy (non-hydrogen) atoms. The average molecular weight is 427 g/mol. The van der Waals surface area contributed by atoms with Crippen molar-refractivity contribution in [1.29, 1.82) is 0 Å². The zero-order valence-electron chi connectivity index (χ0n) is 21.9.